The topological polar surface area (TPSA) is 86.7 Å². The fraction of sp³-hybridized carbons (Fsp3) is 0.229. The van der Waals surface area contributed by atoms with Crippen molar-refractivity contribution in [2.45, 2.75) is 39.4 Å². The van der Waals surface area contributed by atoms with Crippen molar-refractivity contribution in [2.75, 3.05) is 16.9 Å². The van der Waals surface area contributed by atoms with E-state index in [1.54, 1.807) is 24.8 Å². The van der Waals surface area contributed by atoms with Crippen molar-refractivity contribution in [1.82, 2.24) is 5.32 Å². The molecule has 1 amide bonds. The number of para-hydroxylation sites is 1. The number of carboxylic acids is 1. The van der Waals surface area contributed by atoms with Gasteiger partial charge in [0, 0.05) is 29.9 Å². The van der Waals surface area contributed by atoms with E-state index < -0.39 is 17.9 Å². The number of amides is 1. The number of nitrogens with one attached hydrogen (secondary N) is 1. The minimum atomic E-state index is -1.05. The minimum Gasteiger partial charge on any atom is -0.480 e. The van der Waals surface area contributed by atoms with Gasteiger partial charge in [-0.25, -0.2) is 4.79 Å². The van der Waals surface area contributed by atoms with E-state index in [1.807, 2.05) is 92.0 Å². The van der Waals surface area contributed by atoms with Crippen molar-refractivity contribution in [2.24, 2.45) is 0 Å². The van der Waals surface area contributed by atoms with E-state index in [2.05, 4.69) is 22.3 Å². The first-order chi connectivity index (χ1) is 20.3. The zero-order valence-corrected chi connectivity index (χ0v) is 25.0. The van der Waals surface area contributed by atoms with Gasteiger partial charge in [-0.1, -0.05) is 72.8 Å². The van der Waals surface area contributed by atoms with E-state index in [-0.39, 0.29) is 5.78 Å². The maximum Gasteiger partial charge on any atom is 0.326 e. The van der Waals surface area contributed by atoms with Crippen LogP contribution in [-0.2, 0) is 17.9 Å². The van der Waals surface area contributed by atoms with Crippen molar-refractivity contribution < 1.29 is 19.5 Å². The number of anilines is 1. The van der Waals surface area contributed by atoms with Gasteiger partial charge in [0.1, 0.15) is 6.04 Å². The first-order valence-electron chi connectivity index (χ1n) is 13.9. The molecule has 7 heteroatoms. The van der Waals surface area contributed by atoms with E-state index >= 15 is 0 Å². The van der Waals surface area contributed by atoms with Crippen LogP contribution in [0, 0.1) is 6.92 Å². The number of hydrogen-bond acceptors (Lipinski definition) is 5. The monoisotopic (exact) mass is 580 g/mol. The lowest BCUT2D eigenvalue weighted by atomic mass is 9.93. The third kappa shape index (κ3) is 7.68. The largest absolute Gasteiger partial charge is 0.480 e. The van der Waals surface area contributed by atoms with Crippen LogP contribution in [0.1, 0.15) is 50.8 Å². The lowest BCUT2D eigenvalue weighted by Crippen LogP contribution is -2.41. The second-order valence-electron chi connectivity index (χ2n) is 10.3. The molecule has 4 aromatic carbocycles. The Morgan fingerprint density at radius 3 is 2.17 bits per heavy atom. The van der Waals surface area contributed by atoms with Crippen LogP contribution in [0.3, 0.4) is 0 Å². The molecule has 0 spiro atoms. The van der Waals surface area contributed by atoms with Gasteiger partial charge in [0.25, 0.3) is 5.91 Å². The van der Waals surface area contributed by atoms with Crippen LogP contribution >= 0.6 is 11.8 Å². The quantitative estimate of drug-likeness (QED) is 0.166. The molecule has 42 heavy (non-hydrogen) atoms. The van der Waals surface area contributed by atoms with Gasteiger partial charge in [-0.3, -0.25) is 9.59 Å². The Morgan fingerprint density at radius 1 is 0.810 bits per heavy atom. The summed E-state index contributed by atoms with van der Waals surface area (Å²) in [5.74, 6) is -0.853. The Bertz CT molecular complexity index is 1550. The Morgan fingerprint density at radius 2 is 1.48 bits per heavy atom. The van der Waals surface area contributed by atoms with Crippen LogP contribution in [0.4, 0.5) is 5.69 Å². The zero-order chi connectivity index (χ0) is 30.1. The fourth-order valence-corrected chi connectivity index (χ4v) is 5.48. The summed E-state index contributed by atoms with van der Waals surface area (Å²) in [4.78, 5) is 40.1. The van der Waals surface area contributed by atoms with E-state index in [0.29, 0.717) is 36.4 Å². The lowest BCUT2D eigenvalue weighted by Gasteiger charge is -2.27. The summed E-state index contributed by atoms with van der Waals surface area (Å²) in [5.41, 5.74) is 6.61. The van der Waals surface area contributed by atoms with Crippen molar-refractivity contribution in [3.05, 3.63) is 125 Å². The minimum absolute atomic E-state index is 0.00858. The number of carbonyl (C=O) groups excluding carboxylic acids is 2. The van der Waals surface area contributed by atoms with E-state index in [9.17, 15) is 19.5 Å². The van der Waals surface area contributed by atoms with E-state index in [0.717, 1.165) is 33.5 Å². The van der Waals surface area contributed by atoms with Gasteiger partial charge in [0.15, 0.2) is 5.78 Å². The molecule has 2 N–H and O–H groups in total. The molecule has 0 aliphatic heterocycles. The Kier molecular flexibility index (Phi) is 10.6. The number of carbonyl (C=O) groups is 3. The van der Waals surface area contributed by atoms with Gasteiger partial charge < -0.3 is 15.3 Å². The Hall–Kier alpha value is -4.36. The first kappa shape index (κ1) is 30.6. The van der Waals surface area contributed by atoms with Crippen molar-refractivity contribution in [3.63, 3.8) is 0 Å². The molecule has 0 radical (unpaired) electrons. The third-order valence-corrected chi connectivity index (χ3v) is 7.84. The first-order valence-corrected chi connectivity index (χ1v) is 15.3. The van der Waals surface area contributed by atoms with Crippen LogP contribution in [-0.4, -0.2) is 40.8 Å². The molecule has 0 heterocycles. The smallest absolute Gasteiger partial charge is 0.326 e. The number of nitrogens with zero attached hydrogens (tertiary/aromatic N) is 1. The standard InChI is InChI=1S/C35H36N2O4S/c1-24-11-7-8-14-28(24)31-21-27(17-18-30(31)34(39)36-32(35(40)41)19-20-42-3)23-37(22-26-12-5-4-6-13-26)33-16-10-9-15-29(33)25(2)38/h4-18,21,32H,19-20,22-23H2,1-3H3,(H,36,39)(H,40,41). The summed E-state index contributed by atoms with van der Waals surface area (Å²) in [5, 5.41) is 12.4. The fourth-order valence-electron chi connectivity index (χ4n) is 5.01. The molecular weight excluding hydrogens is 544 g/mol. The average Bonchev–Trinajstić information content (AvgIpc) is 2.99. The van der Waals surface area contributed by atoms with Crippen molar-refractivity contribution >= 4 is 35.1 Å². The van der Waals surface area contributed by atoms with Crippen LogP contribution in [0.15, 0.2) is 97.1 Å². The molecular formula is C35H36N2O4S. The molecule has 0 fully saturated rings. The predicted octanol–water partition coefficient (Wildman–Crippen LogP) is 7.01. The van der Waals surface area contributed by atoms with E-state index in [4.69, 9.17) is 0 Å². The zero-order valence-electron chi connectivity index (χ0n) is 24.2. The number of ketones is 1. The van der Waals surface area contributed by atoms with Gasteiger partial charge >= 0.3 is 5.97 Å². The highest BCUT2D eigenvalue weighted by Gasteiger charge is 2.23. The summed E-state index contributed by atoms with van der Waals surface area (Å²) in [6.45, 7) is 4.65. The third-order valence-electron chi connectivity index (χ3n) is 7.19. The number of hydrogen-bond donors (Lipinski definition) is 2. The number of aliphatic carboxylic acids is 1. The molecule has 4 rings (SSSR count). The molecule has 1 unspecified atom stereocenters. The molecule has 0 bridgehead atoms. The maximum atomic E-state index is 13.5. The summed E-state index contributed by atoms with van der Waals surface area (Å²) in [6.07, 6.45) is 2.25. The molecule has 216 valence electrons. The highest BCUT2D eigenvalue weighted by Crippen LogP contribution is 2.31. The normalized spacial score (nSPS) is 11.5. The highest BCUT2D eigenvalue weighted by molar-refractivity contribution is 7.98. The maximum absolute atomic E-state index is 13.5. The second-order valence-corrected chi connectivity index (χ2v) is 11.2. The predicted molar refractivity (Wildman–Crippen MR) is 171 cm³/mol. The van der Waals surface area contributed by atoms with Gasteiger partial charge in [-0.15, -0.1) is 0 Å². The molecule has 0 aliphatic rings. The second kappa shape index (κ2) is 14.5. The number of carboxylic acid groups (broad SMARTS) is 1. The van der Waals surface area contributed by atoms with Gasteiger partial charge in [-0.2, -0.15) is 11.8 Å². The number of aryl methyl sites for hydroxylation is 1. The Labute approximate surface area is 251 Å². The lowest BCUT2D eigenvalue weighted by molar-refractivity contribution is -0.139. The van der Waals surface area contributed by atoms with Gasteiger partial charge in [0.2, 0.25) is 0 Å². The summed E-state index contributed by atoms with van der Waals surface area (Å²) >= 11 is 1.54. The Balaban J connectivity index is 1.76. The average molecular weight is 581 g/mol. The number of benzene rings is 4. The van der Waals surface area contributed by atoms with E-state index in [1.165, 1.54) is 0 Å². The van der Waals surface area contributed by atoms with Crippen LogP contribution in [0.5, 0.6) is 0 Å². The van der Waals surface area contributed by atoms with Gasteiger partial charge in [0.05, 0.1) is 0 Å². The molecule has 0 saturated carbocycles. The van der Waals surface area contributed by atoms with Gasteiger partial charge in [-0.05, 0) is 84.4 Å². The van der Waals surface area contributed by atoms with Crippen LogP contribution in [0.2, 0.25) is 0 Å². The highest BCUT2D eigenvalue weighted by atomic mass is 32.2. The van der Waals surface area contributed by atoms with Crippen molar-refractivity contribution in [1.29, 1.82) is 0 Å². The summed E-state index contributed by atoms with van der Waals surface area (Å²) in [7, 11) is 0. The molecule has 1 atom stereocenters. The number of Topliss-reactive ketones (excluding diaryl/α,β-unsaturated/α-hetero) is 1. The number of thioether (sulfide) groups is 1. The van der Waals surface area contributed by atoms with Crippen molar-refractivity contribution in [3.8, 4) is 11.1 Å². The van der Waals surface area contributed by atoms with Crippen LogP contribution < -0.4 is 10.2 Å². The SMILES string of the molecule is CSCCC(NC(=O)c1ccc(CN(Cc2ccccc2)c2ccccc2C(C)=O)cc1-c1ccccc1C)C(=O)O. The molecule has 6 nitrogen and oxygen atoms in total. The molecule has 0 saturated heterocycles. The van der Waals surface area contributed by atoms with Crippen LogP contribution in [0.25, 0.3) is 11.1 Å². The summed E-state index contributed by atoms with van der Waals surface area (Å²) < 4.78 is 0. The molecule has 0 aromatic heterocycles. The number of rotatable bonds is 13. The molecule has 4 aromatic rings. The summed E-state index contributed by atoms with van der Waals surface area (Å²) in [6, 6.07) is 30.3. The molecule has 0 aliphatic carbocycles.